The number of ether oxygens (including phenoxy) is 6. The van der Waals surface area contributed by atoms with Crippen LogP contribution in [0, 0.1) is 0 Å². The van der Waals surface area contributed by atoms with Gasteiger partial charge in [0, 0.05) is 18.6 Å². The summed E-state index contributed by atoms with van der Waals surface area (Å²) in [6.45, 7) is 3.57. The highest BCUT2D eigenvalue weighted by Crippen LogP contribution is 2.35. The Morgan fingerprint density at radius 1 is 0.628 bits per heavy atom. The summed E-state index contributed by atoms with van der Waals surface area (Å²) in [5.74, 6) is 0. The van der Waals surface area contributed by atoms with Crippen molar-refractivity contribution in [2.24, 2.45) is 28.7 Å². The molecule has 3 heterocycles. The number of rotatable bonds is 10. The Bertz CT molecular complexity index is 886. The zero-order valence-corrected chi connectivity index (χ0v) is 24.5. The van der Waals surface area contributed by atoms with Crippen LogP contribution in [0.2, 0.25) is 13.1 Å². The van der Waals surface area contributed by atoms with Gasteiger partial charge in [0.25, 0.3) is 0 Å². The molecule has 4 fully saturated rings. The summed E-state index contributed by atoms with van der Waals surface area (Å²) in [5, 5.41) is 63.8. The maximum Gasteiger partial charge on any atom is 0.187 e. The van der Waals surface area contributed by atoms with E-state index < -0.39 is 116 Å². The van der Waals surface area contributed by atoms with Crippen molar-refractivity contribution >= 4 is 7.28 Å². The molecule has 4 aliphatic rings. The zero-order valence-electron chi connectivity index (χ0n) is 24.5. The van der Waals surface area contributed by atoms with Crippen molar-refractivity contribution in [3.8, 4) is 0 Å². The van der Waals surface area contributed by atoms with Gasteiger partial charge in [-0.3, -0.25) is 0 Å². The highest BCUT2D eigenvalue weighted by molar-refractivity contribution is 6.33. The first-order valence-corrected chi connectivity index (χ1v) is 15.1. The van der Waals surface area contributed by atoms with Crippen LogP contribution in [0.1, 0.15) is 19.8 Å². The molecule has 17 nitrogen and oxygen atoms in total. The molecule has 0 spiro atoms. The summed E-state index contributed by atoms with van der Waals surface area (Å²) in [5.41, 5.74) is 30.4. The lowest BCUT2D eigenvalue weighted by molar-refractivity contribution is -0.308. The second-order valence-corrected chi connectivity index (χ2v) is 12.0. The molecule has 0 amide bonds. The highest BCUT2D eigenvalue weighted by Gasteiger charge is 2.54. The van der Waals surface area contributed by atoms with Crippen LogP contribution < -0.4 is 28.7 Å². The lowest BCUT2D eigenvalue weighted by atomic mass is 9.74. The fourth-order valence-electron chi connectivity index (χ4n) is 6.26. The number of aliphatic hydroxyl groups is 6. The third kappa shape index (κ3) is 7.21. The van der Waals surface area contributed by atoms with Crippen molar-refractivity contribution in [3.05, 3.63) is 0 Å². The molecular weight excluding hydrogens is 573 g/mol. The van der Waals surface area contributed by atoms with E-state index in [4.69, 9.17) is 57.1 Å². The van der Waals surface area contributed by atoms with E-state index in [0.717, 1.165) is 0 Å². The standard InChI is InChI=1S/C25H50BN5O12/c1-3-9-15(33)17(35)12(30)23(38-9)41-20-8(29)4-7(28)14(32)22(20)43-25-19(37)21(10(39-25)5-26-2)42-24-13(31)18(36)16(34)11(6-27)40-24/h7-26,32-37H,3-6,27-31H2,1-2H3/t7?,8?,9?,10?,11-,12-,13?,14+,15?,16?,17-,18?,19-,20+,21-,22+,23?,24?,25?/m0/s1. The molecule has 11 unspecified atom stereocenters. The van der Waals surface area contributed by atoms with Crippen molar-refractivity contribution in [1.29, 1.82) is 0 Å². The minimum Gasteiger partial charge on any atom is -0.389 e. The molecule has 43 heavy (non-hydrogen) atoms. The Morgan fingerprint density at radius 3 is 1.70 bits per heavy atom. The van der Waals surface area contributed by atoms with Crippen molar-refractivity contribution in [3.63, 3.8) is 0 Å². The average molecular weight is 624 g/mol. The normalized spacial score (nSPS) is 52.7. The van der Waals surface area contributed by atoms with Crippen LogP contribution in [0.15, 0.2) is 0 Å². The van der Waals surface area contributed by atoms with Crippen LogP contribution in [0.3, 0.4) is 0 Å². The van der Waals surface area contributed by atoms with Gasteiger partial charge in [-0.15, -0.1) is 0 Å². The van der Waals surface area contributed by atoms with Crippen molar-refractivity contribution < 1.29 is 59.1 Å². The van der Waals surface area contributed by atoms with Gasteiger partial charge in [0.15, 0.2) is 18.9 Å². The molecule has 250 valence electrons. The van der Waals surface area contributed by atoms with Crippen LogP contribution >= 0.6 is 0 Å². The molecular formula is C25H50BN5O12. The molecule has 0 aromatic rings. The largest absolute Gasteiger partial charge is 0.389 e. The Labute approximate surface area is 251 Å². The summed E-state index contributed by atoms with van der Waals surface area (Å²) in [6, 6.07) is -3.86. The van der Waals surface area contributed by atoms with E-state index in [1.54, 1.807) is 6.92 Å². The Morgan fingerprint density at radius 2 is 1.14 bits per heavy atom. The highest BCUT2D eigenvalue weighted by atomic mass is 16.8. The first-order valence-electron chi connectivity index (χ1n) is 15.1. The fraction of sp³-hybridized carbons (Fsp3) is 1.00. The number of hydrogen-bond donors (Lipinski definition) is 11. The van der Waals surface area contributed by atoms with Gasteiger partial charge in [-0.2, -0.15) is 0 Å². The SMILES string of the molecule is CBCC1OC(O[C@@H]2[C@H](O)C(N)CC(N)[C@H]2OC2OC(CC)C(O)[C@@H](O)[C@@H]2N)[C@@H](O)[C@H]1OC1O[C@@H](CN)C(O)C(O)C1N. The van der Waals surface area contributed by atoms with E-state index in [1.807, 2.05) is 6.82 Å². The summed E-state index contributed by atoms with van der Waals surface area (Å²) in [4.78, 5) is 0. The molecule has 0 aromatic carbocycles. The minimum absolute atomic E-state index is 0.108. The molecule has 0 bridgehead atoms. The van der Waals surface area contributed by atoms with Crippen molar-refractivity contribution in [1.82, 2.24) is 0 Å². The summed E-state index contributed by atoms with van der Waals surface area (Å²) < 4.78 is 35.8. The maximum absolute atomic E-state index is 11.3. The predicted molar refractivity (Wildman–Crippen MR) is 150 cm³/mol. The second-order valence-electron chi connectivity index (χ2n) is 12.0. The van der Waals surface area contributed by atoms with E-state index in [9.17, 15) is 30.6 Å². The first-order chi connectivity index (χ1) is 20.3. The smallest absolute Gasteiger partial charge is 0.187 e. The van der Waals surface area contributed by atoms with Crippen LogP contribution in [0.25, 0.3) is 0 Å². The van der Waals surface area contributed by atoms with Gasteiger partial charge >= 0.3 is 0 Å². The van der Waals surface area contributed by atoms with Gasteiger partial charge in [-0.25, -0.2) is 0 Å². The summed E-state index contributed by atoms with van der Waals surface area (Å²) >= 11 is 0. The molecule has 3 saturated heterocycles. The summed E-state index contributed by atoms with van der Waals surface area (Å²) in [6.07, 6.45) is -16.6. The molecule has 3 aliphatic heterocycles. The third-order valence-corrected chi connectivity index (χ3v) is 8.93. The van der Waals surface area contributed by atoms with E-state index in [1.165, 1.54) is 0 Å². The molecule has 1 saturated carbocycles. The molecule has 0 radical (unpaired) electrons. The average Bonchev–Trinajstić information content (AvgIpc) is 3.26. The Kier molecular flexibility index (Phi) is 12.2. The molecule has 4 rings (SSSR count). The van der Waals surface area contributed by atoms with E-state index in [0.29, 0.717) is 20.0 Å². The number of nitrogens with two attached hydrogens (primary N) is 5. The van der Waals surface area contributed by atoms with E-state index in [-0.39, 0.29) is 13.0 Å². The lowest BCUT2D eigenvalue weighted by Gasteiger charge is -2.47. The van der Waals surface area contributed by atoms with E-state index >= 15 is 0 Å². The van der Waals surface area contributed by atoms with Gasteiger partial charge < -0.3 is 87.7 Å². The van der Waals surface area contributed by atoms with Gasteiger partial charge in [0.2, 0.25) is 0 Å². The summed E-state index contributed by atoms with van der Waals surface area (Å²) in [7, 11) is 0.644. The quantitative estimate of drug-likeness (QED) is 0.101. The fourth-order valence-corrected chi connectivity index (χ4v) is 6.26. The second kappa shape index (κ2) is 14.9. The van der Waals surface area contributed by atoms with Crippen molar-refractivity contribution in [2.75, 3.05) is 6.54 Å². The van der Waals surface area contributed by atoms with E-state index in [2.05, 4.69) is 0 Å². The van der Waals surface area contributed by atoms with Crippen LogP contribution in [0.5, 0.6) is 0 Å². The monoisotopic (exact) mass is 623 g/mol. The Balaban J connectivity index is 1.51. The topological polar surface area (TPSA) is 307 Å². The van der Waals surface area contributed by atoms with Crippen LogP contribution in [-0.4, -0.2) is 161 Å². The van der Waals surface area contributed by atoms with Gasteiger partial charge in [0.1, 0.15) is 62.2 Å². The third-order valence-electron chi connectivity index (χ3n) is 8.93. The molecule has 16 N–H and O–H groups in total. The molecule has 18 heteroatoms. The van der Waals surface area contributed by atoms with Crippen molar-refractivity contribution in [2.45, 2.75) is 149 Å². The maximum atomic E-state index is 11.3. The van der Waals surface area contributed by atoms with Crippen LogP contribution in [0.4, 0.5) is 0 Å². The van der Waals surface area contributed by atoms with Crippen LogP contribution in [-0.2, 0) is 28.4 Å². The molecule has 19 atom stereocenters. The van der Waals surface area contributed by atoms with Gasteiger partial charge in [-0.1, -0.05) is 13.7 Å². The first kappa shape index (κ1) is 35.2. The molecule has 0 aromatic heterocycles. The van der Waals surface area contributed by atoms with Gasteiger partial charge in [0.05, 0.1) is 30.4 Å². The zero-order chi connectivity index (χ0) is 31.7. The predicted octanol–water partition coefficient (Wildman–Crippen LogP) is -6.53. The number of aliphatic hydroxyl groups excluding tert-OH is 6. The van der Waals surface area contributed by atoms with Gasteiger partial charge in [-0.05, 0) is 19.2 Å². The Hall–Kier alpha value is -0.615. The lowest BCUT2D eigenvalue weighted by Crippen LogP contribution is -2.67. The molecule has 1 aliphatic carbocycles. The minimum atomic E-state index is -1.43. The number of hydrogen-bond acceptors (Lipinski definition) is 17.